The molecular formula is C19H25N4O2+. The van der Waals surface area contributed by atoms with Gasteiger partial charge in [0, 0.05) is 18.5 Å². The molecule has 0 aromatic heterocycles. The van der Waals surface area contributed by atoms with Crippen LogP contribution in [0.1, 0.15) is 12.0 Å². The number of hydrogen-bond acceptors (Lipinski definition) is 2. The van der Waals surface area contributed by atoms with Crippen molar-refractivity contribution in [3.05, 3.63) is 48.0 Å². The number of nitrogens with zero attached hydrogens (tertiary/aromatic N) is 1. The van der Waals surface area contributed by atoms with Crippen LogP contribution in [0.25, 0.3) is 10.8 Å². The highest BCUT2D eigenvalue weighted by molar-refractivity contribution is 5.85. The summed E-state index contributed by atoms with van der Waals surface area (Å²) in [5.41, 5.74) is 6.37. The minimum atomic E-state index is -0.586. The van der Waals surface area contributed by atoms with E-state index < -0.39 is 6.03 Å². The number of primary amides is 1. The summed E-state index contributed by atoms with van der Waals surface area (Å²) in [6.07, 6.45) is 0.307. The molecule has 0 bridgehead atoms. The third kappa shape index (κ3) is 4.48. The second-order valence-corrected chi connectivity index (χ2v) is 6.49. The molecule has 0 saturated carbocycles. The molecule has 2 aromatic rings. The lowest BCUT2D eigenvalue weighted by Gasteiger charge is -2.32. The van der Waals surface area contributed by atoms with Crippen LogP contribution in [-0.2, 0) is 11.3 Å². The van der Waals surface area contributed by atoms with Gasteiger partial charge in [-0.15, -0.1) is 0 Å². The van der Waals surface area contributed by atoms with Gasteiger partial charge in [0.05, 0.1) is 26.2 Å². The lowest BCUT2D eigenvalue weighted by Crippen LogP contribution is -3.13. The highest BCUT2D eigenvalue weighted by atomic mass is 16.2. The Hall–Kier alpha value is -2.60. The van der Waals surface area contributed by atoms with E-state index in [2.05, 4.69) is 47.8 Å². The zero-order valence-electron chi connectivity index (χ0n) is 14.3. The summed E-state index contributed by atoms with van der Waals surface area (Å²) >= 11 is 0. The maximum atomic E-state index is 12.1. The first-order valence-corrected chi connectivity index (χ1v) is 8.75. The number of piperazine rings is 1. The van der Waals surface area contributed by atoms with Crippen LogP contribution in [0.15, 0.2) is 42.5 Å². The van der Waals surface area contributed by atoms with E-state index in [4.69, 9.17) is 5.73 Å². The van der Waals surface area contributed by atoms with Crippen molar-refractivity contribution < 1.29 is 14.5 Å². The number of fused-ring (bicyclic) bond motifs is 1. The minimum Gasteiger partial charge on any atom is -0.352 e. The zero-order valence-corrected chi connectivity index (χ0v) is 14.3. The molecule has 1 aliphatic rings. The monoisotopic (exact) mass is 341 g/mol. The Labute approximate surface area is 147 Å². The van der Waals surface area contributed by atoms with Crippen LogP contribution < -0.4 is 16.0 Å². The molecule has 1 fully saturated rings. The smallest absolute Gasteiger partial charge is 0.312 e. The van der Waals surface area contributed by atoms with Crippen molar-refractivity contribution in [2.75, 3.05) is 32.7 Å². The zero-order chi connectivity index (χ0) is 17.6. The SMILES string of the molecule is NC(=O)NCCC(=O)N1CC[NH+](Cc2cccc3ccccc23)CC1. The fraction of sp³-hybridized carbons (Fsp3) is 0.368. The molecule has 2 aromatic carbocycles. The molecule has 1 heterocycles. The Morgan fingerprint density at radius 2 is 1.80 bits per heavy atom. The van der Waals surface area contributed by atoms with E-state index in [0.29, 0.717) is 13.0 Å². The van der Waals surface area contributed by atoms with Crippen LogP contribution in [-0.4, -0.2) is 49.6 Å². The molecule has 3 amide bonds. The Morgan fingerprint density at radius 3 is 2.56 bits per heavy atom. The Morgan fingerprint density at radius 1 is 1.08 bits per heavy atom. The summed E-state index contributed by atoms with van der Waals surface area (Å²) in [6, 6.07) is 14.3. The summed E-state index contributed by atoms with van der Waals surface area (Å²) in [7, 11) is 0. The van der Waals surface area contributed by atoms with Gasteiger partial charge in [-0.3, -0.25) is 4.79 Å². The Balaban J connectivity index is 1.52. The number of carbonyl (C=O) groups is 2. The quantitative estimate of drug-likeness (QED) is 0.722. The normalized spacial score (nSPS) is 15.3. The Bertz CT molecular complexity index is 749. The predicted molar refractivity (Wildman–Crippen MR) is 97.1 cm³/mol. The van der Waals surface area contributed by atoms with Gasteiger partial charge in [0.1, 0.15) is 6.54 Å². The number of rotatable bonds is 5. The second kappa shape index (κ2) is 7.98. The molecule has 6 heteroatoms. The fourth-order valence-electron chi connectivity index (χ4n) is 3.42. The van der Waals surface area contributed by atoms with Crippen molar-refractivity contribution in [2.45, 2.75) is 13.0 Å². The maximum absolute atomic E-state index is 12.1. The van der Waals surface area contributed by atoms with Gasteiger partial charge in [-0.2, -0.15) is 0 Å². The summed E-state index contributed by atoms with van der Waals surface area (Å²) < 4.78 is 0. The number of urea groups is 1. The van der Waals surface area contributed by atoms with Crippen LogP contribution in [0.2, 0.25) is 0 Å². The average molecular weight is 341 g/mol. The van der Waals surface area contributed by atoms with Crippen LogP contribution in [0.3, 0.4) is 0 Å². The van der Waals surface area contributed by atoms with E-state index in [1.165, 1.54) is 21.2 Å². The molecule has 0 unspecified atom stereocenters. The maximum Gasteiger partial charge on any atom is 0.312 e. The molecule has 1 saturated heterocycles. The van der Waals surface area contributed by atoms with E-state index >= 15 is 0 Å². The van der Waals surface area contributed by atoms with Crippen molar-refractivity contribution >= 4 is 22.7 Å². The highest BCUT2D eigenvalue weighted by Crippen LogP contribution is 2.17. The van der Waals surface area contributed by atoms with Gasteiger partial charge in [0.25, 0.3) is 0 Å². The number of quaternary nitrogens is 1. The van der Waals surface area contributed by atoms with Gasteiger partial charge in [-0.05, 0) is 10.8 Å². The summed E-state index contributed by atoms with van der Waals surface area (Å²) in [5.74, 6) is 0.0814. The molecule has 6 nitrogen and oxygen atoms in total. The van der Waals surface area contributed by atoms with E-state index in [1.54, 1.807) is 0 Å². The van der Waals surface area contributed by atoms with E-state index in [0.717, 1.165) is 32.7 Å². The summed E-state index contributed by atoms with van der Waals surface area (Å²) in [4.78, 5) is 26.2. The van der Waals surface area contributed by atoms with Crippen molar-refractivity contribution in [3.63, 3.8) is 0 Å². The minimum absolute atomic E-state index is 0.0814. The van der Waals surface area contributed by atoms with Gasteiger partial charge in [-0.1, -0.05) is 42.5 Å². The third-order valence-electron chi connectivity index (χ3n) is 4.78. The standard InChI is InChI=1S/C19H24N4O2/c20-19(25)21-9-8-18(24)23-12-10-22(11-13-23)14-16-6-3-5-15-4-1-2-7-17(15)16/h1-7H,8-14H2,(H3,20,21,25)/p+1. The molecule has 0 aliphatic carbocycles. The number of nitrogens with one attached hydrogen (secondary N) is 2. The van der Waals surface area contributed by atoms with Crippen LogP contribution in [0.4, 0.5) is 4.79 Å². The van der Waals surface area contributed by atoms with Gasteiger partial charge < -0.3 is 20.9 Å². The topological polar surface area (TPSA) is 79.9 Å². The lowest BCUT2D eigenvalue weighted by molar-refractivity contribution is -0.917. The average Bonchev–Trinajstić information content (AvgIpc) is 2.62. The second-order valence-electron chi connectivity index (χ2n) is 6.49. The first-order chi connectivity index (χ1) is 12.1. The van der Waals surface area contributed by atoms with Crippen LogP contribution in [0.5, 0.6) is 0 Å². The van der Waals surface area contributed by atoms with Crippen molar-refractivity contribution in [1.82, 2.24) is 10.2 Å². The van der Waals surface area contributed by atoms with Gasteiger partial charge >= 0.3 is 6.03 Å². The fourth-order valence-corrected chi connectivity index (χ4v) is 3.42. The molecule has 0 atom stereocenters. The molecule has 4 N–H and O–H groups in total. The molecular weight excluding hydrogens is 316 g/mol. The number of benzene rings is 2. The van der Waals surface area contributed by atoms with Crippen LogP contribution in [0, 0.1) is 0 Å². The number of amides is 3. The van der Waals surface area contributed by atoms with Gasteiger partial charge in [0.15, 0.2) is 0 Å². The molecule has 0 spiro atoms. The van der Waals surface area contributed by atoms with Gasteiger partial charge in [0.2, 0.25) is 5.91 Å². The summed E-state index contributed by atoms with van der Waals surface area (Å²) in [5, 5.41) is 5.05. The Kier molecular flexibility index (Phi) is 5.50. The third-order valence-corrected chi connectivity index (χ3v) is 4.78. The largest absolute Gasteiger partial charge is 0.352 e. The van der Waals surface area contributed by atoms with Gasteiger partial charge in [-0.25, -0.2) is 4.79 Å². The first kappa shape index (κ1) is 17.2. The predicted octanol–water partition coefficient (Wildman–Crippen LogP) is 0.125. The number of hydrogen-bond donors (Lipinski definition) is 3. The van der Waals surface area contributed by atoms with Crippen molar-refractivity contribution in [3.8, 4) is 0 Å². The van der Waals surface area contributed by atoms with E-state index in [-0.39, 0.29) is 5.91 Å². The number of nitrogens with two attached hydrogens (primary N) is 1. The van der Waals surface area contributed by atoms with E-state index in [9.17, 15) is 9.59 Å². The molecule has 0 radical (unpaired) electrons. The number of carbonyl (C=O) groups excluding carboxylic acids is 2. The van der Waals surface area contributed by atoms with Crippen molar-refractivity contribution in [2.24, 2.45) is 5.73 Å². The molecule has 1 aliphatic heterocycles. The van der Waals surface area contributed by atoms with E-state index in [1.807, 2.05) is 4.90 Å². The first-order valence-electron chi connectivity index (χ1n) is 8.75. The highest BCUT2D eigenvalue weighted by Gasteiger charge is 2.23. The van der Waals surface area contributed by atoms with Crippen LogP contribution >= 0.6 is 0 Å². The molecule has 3 rings (SSSR count). The van der Waals surface area contributed by atoms with Crippen molar-refractivity contribution in [1.29, 1.82) is 0 Å². The molecule has 25 heavy (non-hydrogen) atoms. The lowest BCUT2D eigenvalue weighted by atomic mass is 10.0. The molecule has 132 valence electrons. The summed E-state index contributed by atoms with van der Waals surface area (Å²) in [6.45, 7) is 4.69.